The molecule has 0 radical (unpaired) electrons. The molecule has 10 rings (SSSR count). The number of hydrogen-bond donors (Lipinski definition) is 0. The average Bonchev–Trinajstić information content (AvgIpc) is 3.75. The van der Waals surface area contributed by atoms with E-state index in [1.165, 1.54) is 4.90 Å². The predicted molar refractivity (Wildman–Crippen MR) is 228 cm³/mol. The van der Waals surface area contributed by atoms with Gasteiger partial charge in [0.15, 0.2) is 0 Å². The molecule has 0 amide bonds. The third-order valence-electron chi connectivity index (χ3n) is 9.52. The molecular formula is C52H35NO. The number of anilines is 3. The van der Waals surface area contributed by atoms with Crippen molar-refractivity contribution in [3.63, 3.8) is 0 Å². The van der Waals surface area contributed by atoms with Gasteiger partial charge in [0.2, 0.25) is 0 Å². The van der Waals surface area contributed by atoms with Gasteiger partial charge >= 0.3 is 0 Å². The Labute approximate surface area is 333 Å². The Morgan fingerprint density at radius 3 is 1.70 bits per heavy atom. The molecule has 54 heavy (non-hydrogen) atoms. The van der Waals surface area contributed by atoms with Crippen LogP contribution in [0, 0.1) is 0 Å². The molecule has 254 valence electrons. The van der Waals surface area contributed by atoms with E-state index in [-0.39, 0.29) is 16.9 Å². The number of furan rings is 1. The second-order valence-electron chi connectivity index (χ2n) is 12.7. The molecule has 0 saturated carbocycles. The molecule has 0 saturated heterocycles. The van der Waals surface area contributed by atoms with E-state index in [1.54, 1.807) is 42.5 Å². The van der Waals surface area contributed by atoms with Gasteiger partial charge in [-0.15, -0.1) is 0 Å². The van der Waals surface area contributed by atoms with Gasteiger partial charge in [0.05, 0.1) is 23.5 Å². The highest BCUT2D eigenvalue weighted by atomic mass is 16.3. The number of para-hydroxylation sites is 1. The summed E-state index contributed by atoms with van der Waals surface area (Å²) in [5.74, 6) is 0. The van der Waals surface area contributed by atoms with Crippen molar-refractivity contribution in [2.75, 3.05) is 4.90 Å². The van der Waals surface area contributed by atoms with Crippen LogP contribution in [-0.2, 0) is 0 Å². The molecule has 0 fully saturated rings. The summed E-state index contributed by atoms with van der Waals surface area (Å²) in [4.78, 5) is 1.21. The number of fused-ring (bicyclic) bond motifs is 5. The summed E-state index contributed by atoms with van der Waals surface area (Å²) in [5.41, 5.74) is 2.75. The van der Waals surface area contributed by atoms with E-state index in [9.17, 15) is 11.0 Å². The van der Waals surface area contributed by atoms with E-state index in [0.717, 1.165) is 27.3 Å². The molecule has 10 aromatic rings. The molecule has 1 aromatic heterocycles. The minimum absolute atomic E-state index is 0.00421. The summed E-state index contributed by atoms with van der Waals surface area (Å²) in [6.07, 6.45) is 0. The number of hydrogen-bond acceptors (Lipinski definition) is 2. The molecule has 2 nitrogen and oxygen atoms in total. The molecule has 0 bridgehead atoms. The third kappa shape index (κ3) is 5.62. The topological polar surface area (TPSA) is 16.4 Å². The fraction of sp³-hybridized carbons (Fsp3) is 0. The van der Waals surface area contributed by atoms with Gasteiger partial charge in [0.25, 0.3) is 0 Å². The van der Waals surface area contributed by atoms with E-state index in [4.69, 9.17) is 11.3 Å². The molecule has 0 atom stereocenters. The lowest BCUT2D eigenvalue weighted by Crippen LogP contribution is -2.11. The average molecular weight is 703 g/mol. The van der Waals surface area contributed by atoms with Crippen LogP contribution in [0.25, 0.3) is 77.2 Å². The van der Waals surface area contributed by atoms with Crippen molar-refractivity contribution >= 4 is 49.8 Å². The third-order valence-corrected chi connectivity index (χ3v) is 9.52. The Morgan fingerprint density at radius 2 is 0.963 bits per heavy atom. The first-order chi connectivity index (χ1) is 32.2. The summed E-state index contributed by atoms with van der Waals surface area (Å²) in [6.45, 7) is 0. The number of rotatable bonds is 7. The van der Waals surface area contributed by atoms with Crippen molar-refractivity contribution in [1.82, 2.24) is 0 Å². The highest BCUT2D eigenvalue weighted by Crippen LogP contribution is 2.46. The van der Waals surface area contributed by atoms with E-state index in [0.29, 0.717) is 33.2 Å². The SMILES string of the molecule is [2H]c1c([2H])c([2H])c(-c2c([2H])c([2H])c(N(c3ccccc3-c3cccc4oc5c6ccccc6ccc5c34)c3c([2H])c([2H])c(-c4ccc(-c5ccccc5)cc4)c([2H])c3[2H])c([2H])c2[2H])c([2H])c1[2H]. The molecular weight excluding hydrogens is 655 g/mol. The van der Waals surface area contributed by atoms with Crippen LogP contribution >= 0.6 is 0 Å². The zero-order chi connectivity index (χ0) is 47.2. The van der Waals surface area contributed by atoms with Crippen LogP contribution in [-0.4, -0.2) is 0 Å². The first-order valence-corrected chi connectivity index (χ1v) is 17.4. The standard InChI is InChI=1S/C52H35NO/c1-3-12-36(13-4-1)38-22-24-39(25-23-38)41-28-33-44(34-29-41)53(43-31-26-40(27-32-43)37-14-5-2-6-15-37)49-20-10-9-18-46(49)47-19-11-21-50-51(47)48-35-30-42-16-7-8-17-45(42)52(48)54-50/h1-35H/i2D,5D,6D,14D,15D,26D,27D,28D,29D,31D,32D,33D,34D. The van der Waals surface area contributed by atoms with Gasteiger partial charge in [-0.3, -0.25) is 0 Å². The summed E-state index contributed by atoms with van der Waals surface area (Å²) in [7, 11) is 0. The van der Waals surface area contributed by atoms with Crippen LogP contribution < -0.4 is 4.90 Å². The van der Waals surface area contributed by atoms with Crippen LogP contribution in [0.3, 0.4) is 0 Å². The minimum Gasteiger partial charge on any atom is -0.455 e. The summed E-state index contributed by atoms with van der Waals surface area (Å²) in [5, 5.41) is 3.35. The molecule has 0 aliphatic carbocycles. The summed E-state index contributed by atoms with van der Waals surface area (Å²) < 4.78 is 125. The predicted octanol–water partition coefficient (Wildman–Crippen LogP) is 14.9. The van der Waals surface area contributed by atoms with Gasteiger partial charge < -0.3 is 9.32 Å². The van der Waals surface area contributed by atoms with Crippen molar-refractivity contribution in [2.24, 2.45) is 0 Å². The minimum atomic E-state index is -0.753. The zero-order valence-electron chi connectivity index (χ0n) is 41.6. The number of benzene rings is 9. The van der Waals surface area contributed by atoms with E-state index < -0.39 is 95.4 Å². The summed E-state index contributed by atoms with van der Waals surface area (Å²) in [6, 6.07) is 32.4. The fourth-order valence-electron chi connectivity index (χ4n) is 6.97. The van der Waals surface area contributed by atoms with Gasteiger partial charge in [-0.05, 0) is 86.7 Å². The van der Waals surface area contributed by atoms with Crippen LogP contribution in [0.4, 0.5) is 17.1 Å². The molecule has 0 unspecified atom stereocenters. The van der Waals surface area contributed by atoms with Crippen LogP contribution in [0.1, 0.15) is 17.8 Å². The normalized spacial score (nSPS) is 14.7. The second kappa shape index (κ2) is 13.4. The lowest BCUT2D eigenvalue weighted by atomic mass is 9.96. The highest BCUT2D eigenvalue weighted by Gasteiger charge is 2.21. The molecule has 0 spiro atoms. The summed E-state index contributed by atoms with van der Waals surface area (Å²) >= 11 is 0. The Bertz CT molecular complexity index is 3600. The Balaban J connectivity index is 1.27. The molecule has 0 N–H and O–H groups in total. The van der Waals surface area contributed by atoms with Crippen LogP contribution in [0.15, 0.2) is 216 Å². The van der Waals surface area contributed by atoms with E-state index in [2.05, 4.69) is 0 Å². The van der Waals surface area contributed by atoms with Crippen molar-refractivity contribution in [3.05, 3.63) is 212 Å². The lowest BCUT2D eigenvalue weighted by Gasteiger charge is -2.28. The molecule has 2 heteroatoms. The van der Waals surface area contributed by atoms with Gasteiger partial charge in [-0.2, -0.15) is 0 Å². The first kappa shape index (κ1) is 20.8. The smallest absolute Gasteiger partial charge is 0.143 e. The quantitative estimate of drug-likeness (QED) is 0.164. The molecule has 0 aliphatic heterocycles. The van der Waals surface area contributed by atoms with Crippen LogP contribution in [0.2, 0.25) is 0 Å². The maximum atomic E-state index is 9.67. The molecule has 0 aliphatic rings. The Morgan fingerprint density at radius 1 is 0.389 bits per heavy atom. The maximum absolute atomic E-state index is 9.67. The second-order valence-corrected chi connectivity index (χ2v) is 12.7. The molecule has 9 aromatic carbocycles. The van der Waals surface area contributed by atoms with Crippen LogP contribution in [0.5, 0.6) is 0 Å². The largest absolute Gasteiger partial charge is 0.455 e. The van der Waals surface area contributed by atoms with E-state index in [1.807, 2.05) is 91.0 Å². The Hall–Kier alpha value is -7.16. The zero-order valence-corrected chi connectivity index (χ0v) is 28.6. The van der Waals surface area contributed by atoms with Gasteiger partial charge in [-0.25, -0.2) is 0 Å². The van der Waals surface area contributed by atoms with Crippen molar-refractivity contribution in [2.45, 2.75) is 0 Å². The van der Waals surface area contributed by atoms with Gasteiger partial charge in [-0.1, -0.05) is 170 Å². The van der Waals surface area contributed by atoms with Crippen molar-refractivity contribution in [3.8, 4) is 44.5 Å². The van der Waals surface area contributed by atoms with Gasteiger partial charge in [0.1, 0.15) is 11.2 Å². The Kier molecular flexibility index (Phi) is 5.17. The highest BCUT2D eigenvalue weighted by molar-refractivity contribution is 6.19. The van der Waals surface area contributed by atoms with Crippen molar-refractivity contribution < 1.29 is 22.2 Å². The maximum Gasteiger partial charge on any atom is 0.143 e. The van der Waals surface area contributed by atoms with Gasteiger partial charge in [0, 0.05) is 33.1 Å². The molecule has 1 heterocycles. The fourth-order valence-corrected chi connectivity index (χ4v) is 6.97. The monoisotopic (exact) mass is 702 g/mol. The van der Waals surface area contributed by atoms with E-state index >= 15 is 0 Å². The lowest BCUT2D eigenvalue weighted by molar-refractivity contribution is 0.673. The number of nitrogens with zero attached hydrogens (tertiary/aromatic N) is 1. The first-order valence-electron chi connectivity index (χ1n) is 23.9. The van der Waals surface area contributed by atoms with Crippen molar-refractivity contribution in [1.29, 1.82) is 0 Å².